The summed E-state index contributed by atoms with van der Waals surface area (Å²) < 4.78 is 2.15. The Morgan fingerprint density at radius 1 is 1.31 bits per heavy atom. The number of nitrogens with two attached hydrogens (primary N) is 1. The molecule has 84 valence electrons. The fourth-order valence-electron chi connectivity index (χ4n) is 1.69. The van der Waals surface area contributed by atoms with Crippen molar-refractivity contribution in [3.05, 3.63) is 42.9 Å². The molecule has 0 saturated carbocycles. The fourth-order valence-corrected chi connectivity index (χ4v) is 1.69. The molecule has 2 rings (SSSR count). The first-order valence-electron chi connectivity index (χ1n) is 5.58. The summed E-state index contributed by atoms with van der Waals surface area (Å²) in [5.41, 5.74) is 8.12. The molecule has 1 aromatic heterocycles. The molecule has 3 heteroatoms. The predicted molar refractivity (Wildman–Crippen MR) is 65.9 cm³/mol. The number of rotatable bonds is 4. The van der Waals surface area contributed by atoms with Crippen LogP contribution in [-0.4, -0.2) is 15.6 Å². The van der Waals surface area contributed by atoms with Crippen LogP contribution in [0.25, 0.3) is 11.3 Å². The predicted octanol–water partition coefficient (Wildman–Crippen LogP) is 2.29. The van der Waals surface area contributed by atoms with Gasteiger partial charge in [0.2, 0.25) is 0 Å². The van der Waals surface area contributed by atoms with Crippen LogP contribution in [0.5, 0.6) is 0 Å². The molecule has 3 nitrogen and oxygen atoms in total. The highest BCUT2D eigenvalue weighted by molar-refractivity contribution is 5.58. The molecule has 2 aromatic rings. The fraction of sp³-hybridized carbons (Fsp3) is 0.308. The lowest BCUT2D eigenvalue weighted by atomic mass is 10.1. The molecule has 0 fully saturated rings. The van der Waals surface area contributed by atoms with E-state index in [0.717, 1.165) is 18.7 Å². The van der Waals surface area contributed by atoms with Crippen molar-refractivity contribution in [1.29, 1.82) is 0 Å². The summed E-state index contributed by atoms with van der Waals surface area (Å²) in [6.07, 6.45) is 4.73. The Morgan fingerprint density at radius 2 is 2.06 bits per heavy atom. The molecule has 0 aliphatic carbocycles. The number of imidazole rings is 1. The first kappa shape index (κ1) is 10.9. The van der Waals surface area contributed by atoms with Gasteiger partial charge in [-0.2, -0.15) is 0 Å². The van der Waals surface area contributed by atoms with Gasteiger partial charge in [-0.05, 0) is 18.9 Å². The Hall–Kier alpha value is -1.61. The molecule has 0 aliphatic heterocycles. The summed E-state index contributed by atoms with van der Waals surface area (Å²) in [7, 11) is 0. The minimum atomic E-state index is 0.228. The molecule has 1 unspecified atom stereocenters. The molecule has 16 heavy (non-hydrogen) atoms. The van der Waals surface area contributed by atoms with Gasteiger partial charge in [0.1, 0.15) is 0 Å². The molecule has 1 aromatic carbocycles. The molecule has 1 heterocycles. The van der Waals surface area contributed by atoms with Gasteiger partial charge in [-0.15, -0.1) is 0 Å². The molecule has 0 radical (unpaired) electrons. The highest BCUT2D eigenvalue weighted by atomic mass is 15.0. The maximum Gasteiger partial charge on any atom is 0.0950 e. The molecule has 0 bridgehead atoms. The van der Waals surface area contributed by atoms with E-state index >= 15 is 0 Å². The van der Waals surface area contributed by atoms with Crippen LogP contribution >= 0.6 is 0 Å². The average Bonchev–Trinajstić information content (AvgIpc) is 2.75. The summed E-state index contributed by atoms with van der Waals surface area (Å²) in [6.45, 7) is 2.95. The van der Waals surface area contributed by atoms with Crippen LogP contribution in [0.15, 0.2) is 42.9 Å². The quantitative estimate of drug-likeness (QED) is 0.850. The third-order valence-electron chi connectivity index (χ3n) is 2.61. The maximum absolute atomic E-state index is 5.76. The Labute approximate surface area is 95.9 Å². The van der Waals surface area contributed by atoms with E-state index in [1.54, 1.807) is 0 Å². The van der Waals surface area contributed by atoms with E-state index in [9.17, 15) is 0 Å². The van der Waals surface area contributed by atoms with E-state index in [1.807, 2.05) is 37.6 Å². The molecular weight excluding hydrogens is 198 g/mol. The Morgan fingerprint density at radius 3 is 2.75 bits per heavy atom. The number of benzene rings is 1. The van der Waals surface area contributed by atoms with E-state index in [0.29, 0.717) is 0 Å². The SMILES string of the molecule is CC(N)CCn1cncc1-c1ccccc1. The second-order valence-corrected chi connectivity index (χ2v) is 4.10. The van der Waals surface area contributed by atoms with E-state index in [-0.39, 0.29) is 6.04 Å². The van der Waals surface area contributed by atoms with Crippen molar-refractivity contribution in [2.75, 3.05) is 0 Å². The van der Waals surface area contributed by atoms with Gasteiger partial charge < -0.3 is 10.3 Å². The number of hydrogen-bond donors (Lipinski definition) is 1. The van der Waals surface area contributed by atoms with Crippen LogP contribution in [-0.2, 0) is 6.54 Å². The highest BCUT2D eigenvalue weighted by Crippen LogP contribution is 2.18. The molecule has 1 atom stereocenters. The molecular formula is C13H17N3. The Bertz CT molecular complexity index is 431. The second kappa shape index (κ2) is 4.94. The van der Waals surface area contributed by atoms with Gasteiger partial charge in [0.25, 0.3) is 0 Å². The molecule has 0 spiro atoms. The Kier molecular flexibility index (Phi) is 3.37. The lowest BCUT2D eigenvalue weighted by Crippen LogP contribution is -2.17. The van der Waals surface area contributed by atoms with E-state index in [4.69, 9.17) is 5.73 Å². The molecule has 2 N–H and O–H groups in total. The average molecular weight is 215 g/mol. The molecule has 0 amide bonds. The lowest BCUT2D eigenvalue weighted by molar-refractivity contribution is 0.573. The van der Waals surface area contributed by atoms with Gasteiger partial charge in [0.15, 0.2) is 0 Å². The van der Waals surface area contributed by atoms with Crippen molar-refractivity contribution in [2.45, 2.75) is 25.9 Å². The summed E-state index contributed by atoms with van der Waals surface area (Å²) in [5, 5.41) is 0. The van der Waals surface area contributed by atoms with E-state index in [1.165, 1.54) is 5.56 Å². The minimum Gasteiger partial charge on any atom is -0.331 e. The third kappa shape index (κ3) is 2.49. The summed E-state index contributed by atoms with van der Waals surface area (Å²) in [5.74, 6) is 0. The van der Waals surface area contributed by atoms with Gasteiger partial charge in [-0.3, -0.25) is 0 Å². The number of hydrogen-bond acceptors (Lipinski definition) is 2. The van der Waals surface area contributed by atoms with Crippen LogP contribution < -0.4 is 5.73 Å². The molecule has 0 aliphatic rings. The van der Waals surface area contributed by atoms with Crippen molar-refractivity contribution >= 4 is 0 Å². The first-order chi connectivity index (χ1) is 7.77. The standard InChI is InChI=1S/C13H17N3/c1-11(14)7-8-16-10-15-9-13(16)12-5-3-2-4-6-12/h2-6,9-11H,7-8,14H2,1H3. The normalized spacial score (nSPS) is 12.6. The van der Waals surface area contributed by atoms with Crippen molar-refractivity contribution < 1.29 is 0 Å². The van der Waals surface area contributed by atoms with Crippen LogP contribution in [0.4, 0.5) is 0 Å². The van der Waals surface area contributed by atoms with Crippen molar-refractivity contribution in [2.24, 2.45) is 5.73 Å². The van der Waals surface area contributed by atoms with E-state index in [2.05, 4.69) is 21.7 Å². The largest absolute Gasteiger partial charge is 0.331 e. The smallest absolute Gasteiger partial charge is 0.0950 e. The van der Waals surface area contributed by atoms with Gasteiger partial charge in [0.05, 0.1) is 18.2 Å². The van der Waals surface area contributed by atoms with Gasteiger partial charge in [-0.25, -0.2) is 4.98 Å². The van der Waals surface area contributed by atoms with Crippen LogP contribution in [0, 0.1) is 0 Å². The summed E-state index contributed by atoms with van der Waals surface area (Å²) in [4.78, 5) is 4.20. The van der Waals surface area contributed by atoms with Crippen molar-refractivity contribution in [3.63, 3.8) is 0 Å². The zero-order chi connectivity index (χ0) is 11.4. The van der Waals surface area contributed by atoms with Gasteiger partial charge >= 0.3 is 0 Å². The summed E-state index contributed by atoms with van der Waals surface area (Å²) >= 11 is 0. The van der Waals surface area contributed by atoms with Crippen LogP contribution in [0.2, 0.25) is 0 Å². The number of aryl methyl sites for hydroxylation is 1. The van der Waals surface area contributed by atoms with E-state index < -0.39 is 0 Å². The van der Waals surface area contributed by atoms with Crippen molar-refractivity contribution in [3.8, 4) is 11.3 Å². The lowest BCUT2D eigenvalue weighted by Gasteiger charge is -2.09. The number of aromatic nitrogens is 2. The first-order valence-corrected chi connectivity index (χ1v) is 5.58. The van der Waals surface area contributed by atoms with Crippen LogP contribution in [0.1, 0.15) is 13.3 Å². The maximum atomic E-state index is 5.76. The topological polar surface area (TPSA) is 43.8 Å². The minimum absolute atomic E-state index is 0.228. The molecule has 0 saturated heterocycles. The zero-order valence-electron chi connectivity index (χ0n) is 9.50. The summed E-state index contributed by atoms with van der Waals surface area (Å²) in [6, 6.07) is 10.5. The van der Waals surface area contributed by atoms with Crippen molar-refractivity contribution in [1.82, 2.24) is 9.55 Å². The van der Waals surface area contributed by atoms with Gasteiger partial charge in [-0.1, -0.05) is 30.3 Å². The Balaban J connectivity index is 2.19. The monoisotopic (exact) mass is 215 g/mol. The number of nitrogens with zero attached hydrogens (tertiary/aromatic N) is 2. The second-order valence-electron chi connectivity index (χ2n) is 4.10. The van der Waals surface area contributed by atoms with Gasteiger partial charge in [0, 0.05) is 12.6 Å². The highest BCUT2D eigenvalue weighted by Gasteiger charge is 2.04. The third-order valence-corrected chi connectivity index (χ3v) is 2.61. The van der Waals surface area contributed by atoms with Crippen LogP contribution in [0.3, 0.4) is 0 Å². The zero-order valence-corrected chi connectivity index (χ0v) is 9.50.